The number of rotatable bonds is 4. The third-order valence-corrected chi connectivity index (χ3v) is 4.96. The van der Waals surface area contributed by atoms with E-state index in [1.165, 1.54) is 18.1 Å². The molecule has 5 heteroatoms. The zero-order valence-electron chi connectivity index (χ0n) is 15.7. The molecule has 1 aliphatic heterocycles. The van der Waals surface area contributed by atoms with Crippen LogP contribution >= 0.6 is 0 Å². The number of hydrogen-bond acceptors (Lipinski definition) is 3. The van der Waals surface area contributed by atoms with Gasteiger partial charge in [0.05, 0.1) is 19.2 Å². The number of carbonyl (C=O) groups excluding carboxylic acids is 2. The lowest BCUT2D eigenvalue weighted by molar-refractivity contribution is -0.138. The number of halogens is 1. The Morgan fingerprint density at radius 1 is 1.19 bits per heavy atom. The minimum atomic E-state index is -0.468. The molecule has 4 nitrogen and oxygen atoms in total. The number of amides is 1. The van der Waals surface area contributed by atoms with E-state index >= 15 is 0 Å². The second-order valence-corrected chi connectivity index (χ2v) is 6.73. The van der Waals surface area contributed by atoms with Crippen molar-refractivity contribution in [2.45, 2.75) is 32.7 Å². The highest BCUT2D eigenvalue weighted by Crippen LogP contribution is 2.38. The van der Waals surface area contributed by atoms with Crippen LogP contribution in [-0.4, -0.2) is 23.9 Å². The van der Waals surface area contributed by atoms with E-state index < -0.39 is 5.97 Å². The molecular formula is C22H22FNO3. The van der Waals surface area contributed by atoms with Crippen LogP contribution in [0.2, 0.25) is 0 Å². The molecule has 2 aromatic carbocycles. The van der Waals surface area contributed by atoms with E-state index in [4.69, 9.17) is 4.74 Å². The standard InChI is InChI=1S/C22H22FNO3/c1-14-7-6-9-16(11-14)18-12-20(25)24(15(2)21(18)22(26)27-3)13-17-8-4-5-10-19(17)23/h4-11,18H,12-13H2,1-3H3/t18-/m0/s1. The number of carbonyl (C=O) groups is 2. The summed E-state index contributed by atoms with van der Waals surface area (Å²) < 4.78 is 19.1. The van der Waals surface area contributed by atoms with Gasteiger partial charge in [0.2, 0.25) is 5.91 Å². The number of hydrogen-bond donors (Lipinski definition) is 0. The molecule has 0 unspecified atom stereocenters. The van der Waals surface area contributed by atoms with E-state index in [-0.39, 0.29) is 30.6 Å². The van der Waals surface area contributed by atoms with Crippen molar-refractivity contribution in [3.05, 3.63) is 82.3 Å². The second kappa shape index (κ2) is 7.74. The van der Waals surface area contributed by atoms with E-state index in [0.29, 0.717) is 16.8 Å². The minimum absolute atomic E-state index is 0.0817. The molecule has 140 valence electrons. The van der Waals surface area contributed by atoms with Crippen molar-refractivity contribution >= 4 is 11.9 Å². The largest absolute Gasteiger partial charge is 0.466 e. The van der Waals surface area contributed by atoms with Gasteiger partial charge in [0.15, 0.2) is 0 Å². The maximum atomic E-state index is 14.1. The van der Waals surface area contributed by atoms with Crippen LogP contribution in [0.3, 0.4) is 0 Å². The molecule has 27 heavy (non-hydrogen) atoms. The first-order chi connectivity index (χ1) is 12.9. The second-order valence-electron chi connectivity index (χ2n) is 6.73. The molecule has 0 N–H and O–H groups in total. The Morgan fingerprint density at radius 3 is 2.59 bits per heavy atom. The highest BCUT2D eigenvalue weighted by atomic mass is 19.1. The molecule has 0 spiro atoms. The topological polar surface area (TPSA) is 46.6 Å². The first-order valence-corrected chi connectivity index (χ1v) is 8.81. The van der Waals surface area contributed by atoms with Crippen LogP contribution in [0.5, 0.6) is 0 Å². The van der Waals surface area contributed by atoms with E-state index in [0.717, 1.165) is 11.1 Å². The Morgan fingerprint density at radius 2 is 1.93 bits per heavy atom. The zero-order valence-corrected chi connectivity index (χ0v) is 15.7. The van der Waals surface area contributed by atoms with Crippen molar-refractivity contribution in [1.82, 2.24) is 4.90 Å². The molecule has 1 heterocycles. The summed E-state index contributed by atoms with van der Waals surface area (Å²) in [5.74, 6) is -1.36. The van der Waals surface area contributed by atoms with Gasteiger partial charge in [0.25, 0.3) is 0 Å². The Hall–Kier alpha value is -2.95. The first kappa shape index (κ1) is 18.8. The van der Waals surface area contributed by atoms with Crippen molar-refractivity contribution in [3.63, 3.8) is 0 Å². The summed E-state index contributed by atoms with van der Waals surface area (Å²) >= 11 is 0. The lowest BCUT2D eigenvalue weighted by Gasteiger charge is -2.34. The zero-order chi connectivity index (χ0) is 19.6. The maximum absolute atomic E-state index is 14.1. The molecule has 3 rings (SSSR count). The number of allylic oxidation sites excluding steroid dienone is 1. The Balaban J connectivity index is 2.05. The fraction of sp³-hybridized carbons (Fsp3) is 0.273. The van der Waals surface area contributed by atoms with Crippen LogP contribution in [0.4, 0.5) is 4.39 Å². The third kappa shape index (κ3) is 3.77. The van der Waals surface area contributed by atoms with Gasteiger partial charge in [-0.2, -0.15) is 0 Å². The number of esters is 1. The van der Waals surface area contributed by atoms with Gasteiger partial charge in [-0.3, -0.25) is 4.79 Å². The van der Waals surface area contributed by atoms with E-state index in [1.54, 1.807) is 25.1 Å². The first-order valence-electron chi connectivity index (χ1n) is 8.81. The molecule has 0 aliphatic carbocycles. The third-order valence-electron chi connectivity index (χ3n) is 4.96. The van der Waals surface area contributed by atoms with Gasteiger partial charge in [-0.05, 0) is 25.5 Å². The average Bonchev–Trinajstić information content (AvgIpc) is 2.65. The number of aryl methyl sites for hydroxylation is 1. The predicted molar refractivity (Wildman–Crippen MR) is 100 cm³/mol. The highest BCUT2D eigenvalue weighted by molar-refractivity contribution is 5.95. The Labute approximate surface area is 158 Å². The van der Waals surface area contributed by atoms with Gasteiger partial charge in [-0.25, -0.2) is 9.18 Å². The maximum Gasteiger partial charge on any atom is 0.336 e. The smallest absolute Gasteiger partial charge is 0.336 e. The summed E-state index contributed by atoms with van der Waals surface area (Å²) in [6, 6.07) is 14.1. The summed E-state index contributed by atoms with van der Waals surface area (Å²) in [4.78, 5) is 26.9. The number of methoxy groups -OCH3 is 1. The predicted octanol–water partition coefficient (Wildman–Crippen LogP) is 4.10. The number of benzene rings is 2. The molecule has 0 saturated carbocycles. The molecule has 1 aliphatic rings. The fourth-order valence-corrected chi connectivity index (χ4v) is 3.55. The summed E-state index contributed by atoms with van der Waals surface area (Å²) in [5, 5.41) is 0. The number of nitrogens with zero attached hydrogens (tertiary/aromatic N) is 1. The lowest BCUT2D eigenvalue weighted by Crippen LogP contribution is -2.38. The van der Waals surface area contributed by atoms with Gasteiger partial charge in [0.1, 0.15) is 5.82 Å². The van der Waals surface area contributed by atoms with E-state index in [1.807, 2.05) is 31.2 Å². The van der Waals surface area contributed by atoms with Gasteiger partial charge in [-0.1, -0.05) is 48.0 Å². The van der Waals surface area contributed by atoms with Crippen molar-refractivity contribution < 1.29 is 18.7 Å². The summed E-state index contributed by atoms with van der Waals surface area (Å²) in [6.07, 6.45) is 0.139. The fourth-order valence-electron chi connectivity index (χ4n) is 3.55. The monoisotopic (exact) mass is 367 g/mol. The molecule has 0 saturated heterocycles. The van der Waals surface area contributed by atoms with Crippen molar-refractivity contribution in [3.8, 4) is 0 Å². The van der Waals surface area contributed by atoms with Crippen LogP contribution in [0.25, 0.3) is 0 Å². The van der Waals surface area contributed by atoms with Gasteiger partial charge < -0.3 is 9.64 Å². The normalized spacial score (nSPS) is 17.3. The van der Waals surface area contributed by atoms with Gasteiger partial charge in [-0.15, -0.1) is 0 Å². The van der Waals surface area contributed by atoms with E-state index in [2.05, 4.69) is 0 Å². The van der Waals surface area contributed by atoms with Crippen molar-refractivity contribution in [2.24, 2.45) is 0 Å². The average molecular weight is 367 g/mol. The lowest BCUT2D eigenvalue weighted by atomic mass is 9.83. The molecular weight excluding hydrogens is 345 g/mol. The van der Waals surface area contributed by atoms with Crippen LogP contribution in [0, 0.1) is 12.7 Å². The van der Waals surface area contributed by atoms with Crippen LogP contribution < -0.4 is 0 Å². The van der Waals surface area contributed by atoms with Crippen LogP contribution in [0.1, 0.15) is 36.0 Å². The van der Waals surface area contributed by atoms with Crippen molar-refractivity contribution in [1.29, 1.82) is 0 Å². The molecule has 0 fully saturated rings. The van der Waals surface area contributed by atoms with Gasteiger partial charge >= 0.3 is 5.97 Å². The SMILES string of the molecule is COC(=O)C1=C(C)N(Cc2ccccc2F)C(=O)C[C@H]1c1cccc(C)c1. The van der Waals surface area contributed by atoms with Crippen LogP contribution in [0.15, 0.2) is 59.8 Å². The summed E-state index contributed by atoms with van der Waals surface area (Å²) in [6.45, 7) is 3.76. The molecule has 1 atom stereocenters. The molecule has 0 aromatic heterocycles. The highest BCUT2D eigenvalue weighted by Gasteiger charge is 2.36. The summed E-state index contributed by atoms with van der Waals surface area (Å²) in [5.41, 5.74) is 3.31. The number of ether oxygens (including phenoxy) is 1. The van der Waals surface area contributed by atoms with Gasteiger partial charge in [0, 0.05) is 23.6 Å². The van der Waals surface area contributed by atoms with Crippen LogP contribution in [-0.2, 0) is 20.9 Å². The quantitative estimate of drug-likeness (QED) is 0.765. The molecule has 0 radical (unpaired) electrons. The van der Waals surface area contributed by atoms with E-state index in [9.17, 15) is 14.0 Å². The molecule has 2 aromatic rings. The Kier molecular flexibility index (Phi) is 5.40. The van der Waals surface area contributed by atoms with Crippen molar-refractivity contribution in [2.75, 3.05) is 7.11 Å². The molecule has 1 amide bonds. The molecule has 0 bridgehead atoms. The minimum Gasteiger partial charge on any atom is -0.466 e. The Bertz CT molecular complexity index is 919. The summed E-state index contributed by atoms with van der Waals surface area (Å²) in [7, 11) is 1.33.